The number of rotatable bonds is 7. The van der Waals surface area contributed by atoms with Crippen LogP contribution >= 0.6 is 0 Å². The van der Waals surface area contributed by atoms with Crippen LogP contribution in [0.1, 0.15) is 5.56 Å². The lowest BCUT2D eigenvalue weighted by Gasteiger charge is -2.11. The summed E-state index contributed by atoms with van der Waals surface area (Å²) in [4.78, 5) is 15.3. The fourth-order valence-electron chi connectivity index (χ4n) is 7.51. The minimum Gasteiger partial charge on any atom is -0.456 e. The van der Waals surface area contributed by atoms with Crippen LogP contribution in [0.3, 0.4) is 0 Å². The smallest absolute Gasteiger partial charge is 0.164 e. The molecule has 0 aliphatic carbocycles. The van der Waals surface area contributed by atoms with E-state index in [0.29, 0.717) is 23.0 Å². The fraction of sp³-hybridized carbons (Fsp3) is 0. The molecule has 2 aromatic heterocycles. The highest BCUT2D eigenvalue weighted by Crippen LogP contribution is 2.39. The van der Waals surface area contributed by atoms with Gasteiger partial charge in [0.25, 0.3) is 0 Å². The second-order valence-electron chi connectivity index (χ2n) is 14.0. The molecule has 0 aliphatic rings. The van der Waals surface area contributed by atoms with Crippen LogP contribution < -0.4 is 0 Å². The Morgan fingerprint density at radius 2 is 0.789 bits per heavy atom. The molecule has 0 aliphatic heterocycles. The molecule has 5 heteroatoms. The van der Waals surface area contributed by atoms with E-state index in [1.165, 1.54) is 11.1 Å². The van der Waals surface area contributed by atoms with Crippen LogP contribution in [-0.4, -0.2) is 15.0 Å². The maximum atomic E-state index is 9.34. The molecule has 10 aromatic rings. The molecule has 0 amide bonds. The average Bonchev–Trinajstić information content (AvgIpc) is 3.68. The standard InChI is InChI=1S/C52H32N4O/c53-33-34-23-25-37(26-24-34)40-17-9-20-43(31-40)51-54-50(42-19-8-16-39(30-42)36-13-5-2-6-14-36)55-52(56-51)44-27-28-46-48(32-44)57-47-22-10-21-45(49(46)47)41-18-7-15-38(29-41)35-11-3-1-4-12-35/h1-32H. The summed E-state index contributed by atoms with van der Waals surface area (Å²) in [5, 5.41) is 11.4. The van der Waals surface area contributed by atoms with Crippen molar-refractivity contribution in [2.75, 3.05) is 0 Å². The third kappa shape index (κ3) is 6.52. The summed E-state index contributed by atoms with van der Waals surface area (Å²) in [6, 6.07) is 68.2. The number of fused-ring (bicyclic) bond motifs is 3. The van der Waals surface area contributed by atoms with E-state index in [1.807, 2.05) is 84.9 Å². The predicted molar refractivity (Wildman–Crippen MR) is 230 cm³/mol. The largest absolute Gasteiger partial charge is 0.456 e. The van der Waals surface area contributed by atoms with Crippen LogP contribution in [0.5, 0.6) is 0 Å². The summed E-state index contributed by atoms with van der Waals surface area (Å²) in [6.07, 6.45) is 0. The van der Waals surface area contributed by atoms with Gasteiger partial charge in [-0.25, -0.2) is 15.0 Å². The van der Waals surface area contributed by atoms with Crippen LogP contribution in [-0.2, 0) is 0 Å². The number of nitriles is 1. The summed E-state index contributed by atoms with van der Waals surface area (Å²) in [7, 11) is 0. The van der Waals surface area contributed by atoms with Gasteiger partial charge in [0.2, 0.25) is 0 Å². The molecule has 5 nitrogen and oxygen atoms in total. The Bertz CT molecular complexity index is 3130. The summed E-state index contributed by atoms with van der Waals surface area (Å²) in [5.74, 6) is 1.67. The minimum absolute atomic E-state index is 0.544. The summed E-state index contributed by atoms with van der Waals surface area (Å²) in [6.45, 7) is 0. The lowest BCUT2D eigenvalue weighted by atomic mass is 9.96. The van der Waals surface area contributed by atoms with Crippen LogP contribution in [0.4, 0.5) is 0 Å². The van der Waals surface area contributed by atoms with Crippen molar-refractivity contribution in [1.82, 2.24) is 15.0 Å². The van der Waals surface area contributed by atoms with E-state index in [1.54, 1.807) is 0 Å². The molecule has 0 fully saturated rings. The summed E-state index contributed by atoms with van der Waals surface area (Å²) in [5.41, 5.74) is 13.5. The molecule has 0 saturated carbocycles. The van der Waals surface area contributed by atoms with Crippen molar-refractivity contribution in [3.8, 4) is 84.7 Å². The van der Waals surface area contributed by atoms with Crippen LogP contribution in [0.2, 0.25) is 0 Å². The Balaban J connectivity index is 1.10. The molecule has 57 heavy (non-hydrogen) atoms. The molecule has 10 rings (SSSR count). The molecule has 2 heterocycles. The molecule has 0 saturated heterocycles. The van der Waals surface area contributed by atoms with Crippen molar-refractivity contribution < 1.29 is 4.42 Å². The fourth-order valence-corrected chi connectivity index (χ4v) is 7.51. The van der Waals surface area contributed by atoms with E-state index in [4.69, 9.17) is 19.4 Å². The first-order valence-electron chi connectivity index (χ1n) is 18.8. The van der Waals surface area contributed by atoms with Crippen molar-refractivity contribution in [3.05, 3.63) is 200 Å². The highest BCUT2D eigenvalue weighted by atomic mass is 16.3. The Morgan fingerprint density at radius 3 is 1.35 bits per heavy atom. The van der Waals surface area contributed by atoms with E-state index < -0.39 is 0 Å². The normalized spacial score (nSPS) is 11.1. The van der Waals surface area contributed by atoms with Gasteiger partial charge in [-0.1, -0.05) is 146 Å². The molecule has 0 N–H and O–H groups in total. The lowest BCUT2D eigenvalue weighted by molar-refractivity contribution is 0.669. The monoisotopic (exact) mass is 728 g/mol. The Hall–Kier alpha value is -7.94. The lowest BCUT2D eigenvalue weighted by Crippen LogP contribution is -2.00. The second-order valence-corrected chi connectivity index (χ2v) is 14.0. The van der Waals surface area contributed by atoms with E-state index in [0.717, 1.165) is 72.0 Å². The van der Waals surface area contributed by atoms with Gasteiger partial charge >= 0.3 is 0 Å². The minimum atomic E-state index is 0.544. The molecule has 0 radical (unpaired) electrons. The van der Waals surface area contributed by atoms with Crippen molar-refractivity contribution in [3.63, 3.8) is 0 Å². The zero-order chi connectivity index (χ0) is 38.1. The SMILES string of the molecule is N#Cc1ccc(-c2cccc(-c3nc(-c4cccc(-c5ccccc5)c4)nc(-c4ccc5c(c4)oc4cccc(-c6cccc(-c7ccccc7)c6)c45)n3)c2)cc1. The molecule has 8 aromatic carbocycles. The van der Waals surface area contributed by atoms with Crippen LogP contribution in [0, 0.1) is 11.3 Å². The van der Waals surface area contributed by atoms with Crippen LogP contribution in [0.15, 0.2) is 199 Å². The molecular formula is C52H32N4O. The van der Waals surface area contributed by atoms with Gasteiger partial charge in [-0.05, 0) is 93.0 Å². The molecular weight excluding hydrogens is 697 g/mol. The molecule has 266 valence electrons. The third-order valence-corrected chi connectivity index (χ3v) is 10.4. The number of aromatic nitrogens is 3. The van der Waals surface area contributed by atoms with Crippen molar-refractivity contribution in [2.24, 2.45) is 0 Å². The van der Waals surface area contributed by atoms with Crippen molar-refractivity contribution >= 4 is 21.9 Å². The number of hydrogen-bond donors (Lipinski definition) is 0. The Labute approximate surface area is 329 Å². The van der Waals surface area contributed by atoms with E-state index in [-0.39, 0.29) is 0 Å². The van der Waals surface area contributed by atoms with Gasteiger partial charge < -0.3 is 4.42 Å². The first-order valence-corrected chi connectivity index (χ1v) is 18.8. The van der Waals surface area contributed by atoms with Gasteiger partial charge in [-0.3, -0.25) is 0 Å². The van der Waals surface area contributed by atoms with Crippen molar-refractivity contribution in [1.29, 1.82) is 5.26 Å². The maximum absolute atomic E-state index is 9.34. The van der Waals surface area contributed by atoms with Gasteiger partial charge in [-0.2, -0.15) is 5.26 Å². The first kappa shape index (κ1) is 33.6. The predicted octanol–water partition coefficient (Wildman–Crippen LogP) is 13.3. The summed E-state index contributed by atoms with van der Waals surface area (Å²) >= 11 is 0. The molecule has 0 bridgehead atoms. The Morgan fingerprint density at radius 1 is 0.351 bits per heavy atom. The van der Waals surface area contributed by atoms with Gasteiger partial charge in [0.1, 0.15) is 11.2 Å². The Kier molecular flexibility index (Phi) is 8.48. The zero-order valence-corrected chi connectivity index (χ0v) is 30.7. The molecule has 0 unspecified atom stereocenters. The van der Waals surface area contributed by atoms with E-state index in [2.05, 4.69) is 115 Å². The van der Waals surface area contributed by atoms with E-state index in [9.17, 15) is 5.26 Å². The summed E-state index contributed by atoms with van der Waals surface area (Å²) < 4.78 is 6.58. The first-order chi connectivity index (χ1) is 28.2. The van der Waals surface area contributed by atoms with Gasteiger partial charge in [0, 0.05) is 27.5 Å². The second kappa shape index (κ2) is 14.4. The maximum Gasteiger partial charge on any atom is 0.164 e. The highest BCUT2D eigenvalue weighted by molar-refractivity contribution is 6.13. The van der Waals surface area contributed by atoms with E-state index >= 15 is 0 Å². The van der Waals surface area contributed by atoms with Gasteiger partial charge in [0.05, 0.1) is 11.6 Å². The third-order valence-electron chi connectivity index (χ3n) is 10.4. The highest BCUT2D eigenvalue weighted by Gasteiger charge is 2.18. The topological polar surface area (TPSA) is 75.6 Å². The number of hydrogen-bond acceptors (Lipinski definition) is 5. The number of furan rings is 1. The zero-order valence-electron chi connectivity index (χ0n) is 30.7. The quantitative estimate of drug-likeness (QED) is 0.163. The number of nitrogens with zero attached hydrogens (tertiary/aromatic N) is 4. The molecule has 0 atom stereocenters. The molecule has 0 spiro atoms. The average molecular weight is 729 g/mol. The van der Waals surface area contributed by atoms with Gasteiger partial charge in [-0.15, -0.1) is 0 Å². The van der Waals surface area contributed by atoms with Crippen LogP contribution in [0.25, 0.3) is 101 Å². The number of benzene rings is 8. The van der Waals surface area contributed by atoms with Crippen molar-refractivity contribution in [2.45, 2.75) is 0 Å². The van der Waals surface area contributed by atoms with Gasteiger partial charge in [0.15, 0.2) is 17.5 Å².